The van der Waals surface area contributed by atoms with Crippen molar-refractivity contribution in [2.45, 2.75) is 0 Å². The van der Waals surface area contributed by atoms with Gasteiger partial charge in [-0.25, -0.2) is 0 Å². The molecule has 0 atom stereocenters. The number of benzene rings is 1. The smallest absolute Gasteiger partial charge is 0.251 e. The maximum absolute atomic E-state index is 11.5. The molecule has 0 radical (unpaired) electrons. The lowest BCUT2D eigenvalue weighted by Crippen LogP contribution is -2.27. The summed E-state index contributed by atoms with van der Waals surface area (Å²) >= 11 is 5.42. The molecule has 16 heavy (non-hydrogen) atoms. The van der Waals surface area contributed by atoms with Crippen molar-refractivity contribution in [2.75, 3.05) is 25.6 Å². The lowest BCUT2D eigenvalue weighted by atomic mass is 10.2. The number of carbonyl (C=O) groups is 1. The summed E-state index contributed by atoms with van der Waals surface area (Å²) in [5.74, 6) is 0.405. The second-order valence-electron chi connectivity index (χ2n) is 3.10. The Labute approximate surface area is 99.2 Å². The van der Waals surface area contributed by atoms with Crippen LogP contribution in [0.25, 0.3) is 0 Å². The van der Waals surface area contributed by atoms with Crippen molar-refractivity contribution < 1.29 is 14.6 Å². The van der Waals surface area contributed by atoms with Gasteiger partial charge < -0.3 is 15.2 Å². The zero-order chi connectivity index (χ0) is 11.8. The van der Waals surface area contributed by atoms with Gasteiger partial charge in [-0.1, -0.05) is 0 Å². The Morgan fingerprint density at radius 3 is 2.62 bits per heavy atom. The predicted molar refractivity (Wildman–Crippen MR) is 62.0 cm³/mol. The first kappa shape index (κ1) is 12.8. The van der Waals surface area contributed by atoms with Crippen LogP contribution in [0.5, 0.6) is 5.75 Å². The molecule has 0 aromatic heterocycles. The van der Waals surface area contributed by atoms with Gasteiger partial charge in [0.05, 0.1) is 13.2 Å². The minimum atomic E-state index is -0.186. The number of ether oxygens (including phenoxy) is 1. The van der Waals surface area contributed by atoms with Gasteiger partial charge in [0.15, 0.2) is 0 Å². The molecule has 1 rings (SSSR count). The maximum Gasteiger partial charge on any atom is 0.251 e. The molecule has 1 aromatic rings. The highest BCUT2D eigenvalue weighted by molar-refractivity contribution is 6.17. The Morgan fingerprint density at radius 1 is 1.31 bits per heavy atom. The second kappa shape index (κ2) is 7.09. The molecule has 0 spiro atoms. The van der Waals surface area contributed by atoms with Crippen LogP contribution in [0.15, 0.2) is 24.3 Å². The summed E-state index contributed by atoms with van der Waals surface area (Å²) in [6, 6.07) is 6.06. The quantitative estimate of drug-likeness (QED) is 0.586. The van der Waals surface area contributed by atoms with Gasteiger partial charge in [0, 0.05) is 18.0 Å². The van der Waals surface area contributed by atoms with Gasteiger partial charge in [0.1, 0.15) is 5.75 Å². The number of alkyl halides is 1. The summed E-state index contributed by atoms with van der Waals surface area (Å²) in [6.07, 6.45) is 0. The molecule has 0 aliphatic rings. The molecule has 0 saturated carbocycles. The molecule has 1 aromatic carbocycles. The van der Waals surface area contributed by atoms with Crippen LogP contribution in [0.4, 0.5) is 0 Å². The number of hydrogen-bond acceptors (Lipinski definition) is 3. The zero-order valence-corrected chi connectivity index (χ0v) is 9.54. The monoisotopic (exact) mass is 243 g/mol. The van der Waals surface area contributed by atoms with Gasteiger partial charge in [-0.3, -0.25) is 4.79 Å². The van der Waals surface area contributed by atoms with Crippen molar-refractivity contribution in [3.8, 4) is 5.75 Å². The fraction of sp³-hybridized carbons (Fsp3) is 0.364. The van der Waals surface area contributed by atoms with E-state index in [1.54, 1.807) is 12.1 Å². The second-order valence-corrected chi connectivity index (χ2v) is 3.48. The third-order valence-electron chi connectivity index (χ3n) is 1.88. The number of halogens is 1. The average Bonchev–Trinajstić information content (AvgIpc) is 2.29. The van der Waals surface area contributed by atoms with Crippen LogP contribution in [0.2, 0.25) is 0 Å². The number of amides is 1. The number of aromatic hydroxyl groups is 1. The molecule has 2 N–H and O–H groups in total. The summed E-state index contributed by atoms with van der Waals surface area (Å²) in [6.45, 7) is 1.36. The normalized spacial score (nSPS) is 10.1. The summed E-state index contributed by atoms with van der Waals surface area (Å²) < 4.78 is 5.10. The minimum absolute atomic E-state index is 0.141. The molecule has 0 saturated heterocycles. The van der Waals surface area contributed by atoms with Crippen LogP contribution >= 0.6 is 11.6 Å². The number of phenols is 1. The van der Waals surface area contributed by atoms with Crippen molar-refractivity contribution >= 4 is 17.5 Å². The van der Waals surface area contributed by atoms with Gasteiger partial charge >= 0.3 is 0 Å². The molecule has 88 valence electrons. The van der Waals surface area contributed by atoms with Crippen LogP contribution < -0.4 is 5.32 Å². The lowest BCUT2D eigenvalue weighted by Gasteiger charge is -2.05. The van der Waals surface area contributed by atoms with Crippen LogP contribution in [0, 0.1) is 0 Å². The molecule has 0 aliphatic carbocycles. The number of phenolic OH excluding ortho intramolecular Hbond substituents is 1. The Kier molecular flexibility index (Phi) is 5.67. The third kappa shape index (κ3) is 4.51. The molecular weight excluding hydrogens is 230 g/mol. The molecule has 0 heterocycles. The standard InChI is InChI=1S/C11H14ClNO3/c12-5-7-16-8-6-13-11(15)9-1-3-10(14)4-2-9/h1-4,14H,5-8H2,(H,13,15). The van der Waals surface area contributed by atoms with E-state index in [-0.39, 0.29) is 11.7 Å². The Balaban J connectivity index is 2.27. The largest absolute Gasteiger partial charge is 0.508 e. The van der Waals surface area contributed by atoms with Crippen LogP contribution in [-0.2, 0) is 4.74 Å². The summed E-state index contributed by atoms with van der Waals surface area (Å²) in [4.78, 5) is 11.5. The fourth-order valence-electron chi connectivity index (χ4n) is 1.11. The van der Waals surface area contributed by atoms with Crippen LogP contribution in [0.1, 0.15) is 10.4 Å². The Hall–Kier alpha value is -1.26. The van der Waals surface area contributed by atoms with E-state index >= 15 is 0 Å². The lowest BCUT2D eigenvalue weighted by molar-refractivity contribution is 0.0923. The first-order valence-electron chi connectivity index (χ1n) is 4.95. The highest BCUT2D eigenvalue weighted by Gasteiger charge is 2.03. The minimum Gasteiger partial charge on any atom is -0.508 e. The molecule has 0 aliphatic heterocycles. The number of nitrogens with one attached hydrogen (secondary N) is 1. The predicted octanol–water partition coefficient (Wildman–Crippen LogP) is 1.38. The maximum atomic E-state index is 11.5. The number of rotatable bonds is 6. The molecule has 0 fully saturated rings. The van der Waals surface area contributed by atoms with Crippen LogP contribution in [0.3, 0.4) is 0 Å². The number of hydrogen-bond donors (Lipinski definition) is 2. The topological polar surface area (TPSA) is 58.6 Å². The van der Waals surface area contributed by atoms with E-state index < -0.39 is 0 Å². The van der Waals surface area contributed by atoms with Crippen molar-refractivity contribution in [1.29, 1.82) is 0 Å². The van der Waals surface area contributed by atoms with Gasteiger partial charge in [0.2, 0.25) is 0 Å². The van der Waals surface area contributed by atoms with E-state index in [0.29, 0.717) is 31.2 Å². The zero-order valence-electron chi connectivity index (χ0n) is 8.78. The average molecular weight is 244 g/mol. The first-order chi connectivity index (χ1) is 7.74. The van der Waals surface area contributed by atoms with Crippen LogP contribution in [-0.4, -0.2) is 36.7 Å². The molecule has 0 unspecified atom stereocenters. The molecule has 1 amide bonds. The first-order valence-corrected chi connectivity index (χ1v) is 5.48. The molecular formula is C11H14ClNO3. The van der Waals surface area contributed by atoms with Gasteiger partial charge in [-0.05, 0) is 24.3 Å². The third-order valence-corrected chi connectivity index (χ3v) is 2.04. The summed E-state index contributed by atoms with van der Waals surface area (Å²) in [7, 11) is 0. The van der Waals surface area contributed by atoms with Gasteiger partial charge in [-0.2, -0.15) is 0 Å². The molecule has 5 heteroatoms. The van der Waals surface area contributed by atoms with E-state index in [4.69, 9.17) is 21.4 Å². The molecule has 4 nitrogen and oxygen atoms in total. The van der Waals surface area contributed by atoms with Gasteiger partial charge in [0.25, 0.3) is 5.91 Å². The summed E-state index contributed by atoms with van der Waals surface area (Å²) in [5, 5.41) is 11.7. The fourth-order valence-corrected chi connectivity index (χ4v) is 1.22. The molecule has 0 bridgehead atoms. The highest BCUT2D eigenvalue weighted by Crippen LogP contribution is 2.09. The SMILES string of the molecule is O=C(NCCOCCCl)c1ccc(O)cc1. The van der Waals surface area contributed by atoms with E-state index in [1.165, 1.54) is 12.1 Å². The Bertz CT molecular complexity index is 327. The van der Waals surface area contributed by atoms with Crippen molar-refractivity contribution in [2.24, 2.45) is 0 Å². The Morgan fingerprint density at radius 2 is 2.00 bits per heavy atom. The van der Waals surface area contributed by atoms with Crippen molar-refractivity contribution in [3.05, 3.63) is 29.8 Å². The van der Waals surface area contributed by atoms with E-state index in [9.17, 15) is 4.79 Å². The van der Waals surface area contributed by atoms with Crippen molar-refractivity contribution in [1.82, 2.24) is 5.32 Å². The van der Waals surface area contributed by atoms with E-state index in [1.807, 2.05) is 0 Å². The van der Waals surface area contributed by atoms with Crippen molar-refractivity contribution in [3.63, 3.8) is 0 Å². The van der Waals surface area contributed by atoms with E-state index in [0.717, 1.165) is 0 Å². The summed E-state index contributed by atoms with van der Waals surface area (Å²) in [5.41, 5.74) is 0.509. The van der Waals surface area contributed by atoms with E-state index in [2.05, 4.69) is 5.32 Å². The number of carbonyl (C=O) groups excluding carboxylic acids is 1. The highest BCUT2D eigenvalue weighted by atomic mass is 35.5. The van der Waals surface area contributed by atoms with Gasteiger partial charge in [-0.15, -0.1) is 11.6 Å².